The number of fused-ring (bicyclic) bond motifs is 2. The topological polar surface area (TPSA) is 85.3 Å². The van der Waals surface area contributed by atoms with Crippen molar-refractivity contribution in [3.8, 4) is 11.8 Å². The third kappa shape index (κ3) is 5.95. The van der Waals surface area contributed by atoms with E-state index >= 15 is 0 Å². The molecule has 0 bridgehead atoms. The van der Waals surface area contributed by atoms with Gasteiger partial charge in [0.1, 0.15) is 17.7 Å². The fourth-order valence-corrected chi connectivity index (χ4v) is 6.44. The molecule has 3 aromatic rings. The number of likely N-dealkylation sites (tertiary alicyclic amines) is 1. The zero-order valence-corrected chi connectivity index (χ0v) is 24.0. The van der Waals surface area contributed by atoms with Gasteiger partial charge in [-0.3, -0.25) is 9.69 Å². The lowest BCUT2D eigenvalue weighted by atomic mass is 10.0. The molecule has 1 aromatic heterocycles. The average molecular weight is 557 g/mol. The molecule has 2 fully saturated rings. The molecule has 216 valence electrons. The van der Waals surface area contributed by atoms with Crippen LogP contribution in [0.15, 0.2) is 49.1 Å². The zero-order chi connectivity index (χ0) is 28.3. The number of piperazine rings is 1. The summed E-state index contributed by atoms with van der Waals surface area (Å²) in [5.41, 5.74) is 3.10. The van der Waals surface area contributed by atoms with Crippen LogP contribution in [0.3, 0.4) is 0 Å². The summed E-state index contributed by atoms with van der Waals surface area (Å²) in [5.74, 6) is 1.15. The SMILES string of the molecule is C=CC(=O)N1CCN(c2nc(OC(C)CN3CCCCC3)nc3c2CCN(c2cc(O)cc4ccccc24)C3)CC1. The Labute approximate surface area is 242 Å². The maximum Gasteiger partial charge on any atom is 0.318 e. The van der Waals surface area contributed by atoms with Crippen molar-refractivity contribution in [3.63, 3.8) is 0 Å². The van der Waals surface area contributed by atoms with Gasteiger partial charge in [-0.1, -0.05) is 37.3 Å². The van der Waals surface area contributed by atoms with Crippen molar-refractivity contribution in [2.45, 2.75) is 45.3 Å². The van der Waals surface area contributed by atoms with E-state index in [4.69, 9.17) is 14.7 Å². The van der Waals surface area contributed by atoms with Crippen molar-refractivity contribution in [1.29, 1.82) is 0 Å². The van der Waals surface area contributed by atoms with Crippen LogP contribution in [0.2, 0.25) is 0 Å². The third-order valence-electron chi connectivity index (χ3n) is 8.52. The Morgan fingerprint density at radius 3 is 2.59 bits per heavy atom. The second kappa shape index (κ2) is 11.9. The van der Waals surface area contributed by atoms with Gasteiger partial charge in [-0.15, -0.1) is 0 Å². The number of aromatic nitrogens is 2. The van der Waals surface area contributed by atoms with Gasteiger partial charge in [-0.05, 0) is 56.8 Å². The fraction of sp³-hybridized carbons (Fsp3) is 0.469. The van der Waals surface area contributed by atoms with Crippen LogP contribution in [0.5, 0.6) is 11.8 Å². The molecule has 4 heterocycles. The first-order valence-electron chi connectivity index (χ1n) is 14.9. The summed E-state index contributed by atoms with van der Waals surface area (Å²) in [5, 5.41) is 12.6. The van der Waals surface area contributed by atoms with Crippen molar-refractivity contribution in [1.82, 2.24) is 19.8 Å². The molecule has 0 spiro atoms. The normalized spacial score (nSPS) is 18.7. The standard InChI is InChI=1S/C32H40N6O3/c1-3-30(40)36-15-17-37(18-16-36)31-27-11-14-38(29-20-25(39)19-24-9-5-6-10-26(24)29)22-28(27)33-32(34-31)41-23(2)21-35-12-7-4-8-13-35/h3,5-6,9-10,19-20,23,39H,1,4,7-8,11-18,21-22H2,2H3. The Balaban J connectivity index is 1.29. The van der Waals surface area contributed by atoms with E-state index in [1.807, 2.05) is 35.2 Å². The predicted molar refractivity (Wildman–Crippen MR) is 162 cm³/mol. The van der Waals surface area contributed by atoms with Crippen molar-refractivity contribution in [2.24, 2.45) is 0 Å². The number of phenolic OH excluding ortho intramolecular Hbond substituents is 1. The minimum atomic E-state index is -0.0317. The van der Waals surface area contributed by atoms with E-state index in [2.05, 4.69) is 34.3 Å². The summed E-state index contributed by atoms with van der Waals surface area (Å²) in [4.78, 5) is 31.0. The monoisotopic (exact) mass is 556 g/mol. The Hall–Kier alpha value is -3.85. The van der Waals surface area contributed by atoms with Crippen LogP contribution < -0.4 is 14.5 Å². The van der Waals surface area contributed by atoms with Crippen LogP contribution in [0.25, 0.3) is 10.8 Å². The second-order valence-corrected chi connectivity index (χ2v) is 11.4. The third-order valence-corrected chi connectivity index (χ3v) is 8.52. The number of piperidine rings is 1. The van der Waals surface area contributed by atoms with Crippen LogP contribution in [0, 0.1) is 0 Å². The molecule has 2 saturated heterocycles. The summed E-state index contributed by atoms with van der Waals surface area (Å²) < 4.78 is 6.39. The lowest BCUT2D eigenvalue weighted by Gasteiger charge is -2.38. The molecule has 1 amide bonds. The van der Waals surface area contributed by atoms with Gasteiger partial charge in [0.15, 0.2) is 0 Å². The van der Waals surface area contributed by atoms with Crippen LogP contribution in [0.4, 0.5) is 11.5 Å². The number of rotatable bonds is 7. The van der Waals surface area contributed by atoms with E-state index in [1.54, 1.807) is 0 Å². The number of phenols is 1. The van der Waals surface area contributed by atoms with Crippen molar-refractivity contribution >= 4 is 28.2 Å². The summed E-state index contributed by atoms with van der Waals surface area (Å²) in [6.07, 6.45) is 5.93. The molecule has 1 unspecified atom stereocenters. The molecule has 0 radical (unpaired) electrons. The number of carbonyl (C=O) groups is 1. The molecule has 3 aliphatic rings. The lowest BCUT2D eigenvalue weighted by molar-refractivity contribution is -0.126. The highest BCUT2D eigenvalue weighted by Crippen LogP contribution is 2.36. The Kier molecular flexibility index (Phi) is 7.96. The molecule has 1 atom stereocenters. The summed E-state index contributed by atoms with van der Waals surface area (Å²) in [6, 6.07) is 12.2. The first-order chi connectivity index (χ1) is 20.0. The number of hydrogen-bond acceptors (Lipinski definition) is 8. The first-order valence-corrected chi connectivity index (χ1v) is 14.9. The number of carbonyl (C=O) groups excluding carboxylic acids is 1. The maximum absolute atomic E-state index is 12.2. The van der Waals surface area contributed by atoms with E-state index in [9.17, 15) is 9.90 Å². The van der Waals surface area contributed by atoms with E-state index in [-0.39, 0.29) is 17.8 Å². The summed E-state index contributed by atoms with van der Waals surface area (Å²) in [6.45, 7) is 12.9. The summed E-state index contributed by atoms with van der Waals surface area (Å²) >= 11 is 0. The number of benzene rings is 2. The highest BCUT2D eigenvalue weighted by molar-refractivity contribution is 5.95. The number of nitrogens with zero attached hydrogens (tertiary/aromatic N) is 6. The van der Waals surface area contributed by atoms with Gasteiger partial charge in [0.2, 0.25) is 5.91 Å². The number of hydrogen-bond donors (Lipinski definition) is 1. The Morgan fingerprint density at radius 1 is 1.02 bits per heavy atom. The Bertz CT molecular complexity index is 1410. The smallest absolute Gasteiger partial charge is 0.318 e. The summed E-state index contributed by atoms with van der Waals surface area (Å²) in [7, 11) is 0. The molecule has 9 nitrogen and oxygen atoms in total. The molecule has 9 heteroatoms. The number of ether oxygens (including phenoxy) is 1. The Morgan fingerprint density at radius 2 is 1.80 bits per heavy atom. The van der Waals surface area contributed by atoms with E-state index in [0.717, 1.165) is 66.1 Å². The molecule has 2 aromatic carbocycles. The molecule has 0 aliphatic carbocycles. The number of aromatic hydroxyl groups is 1. The van der Waals surface area contributed by atoms with E-state index in [0.29, 0.717) is 38.7 Å². The van der Waals surface area contributed by atoms with Gasteiger partial charge >= 0.3 is 6.01 Å². The quantitative estimate of drug-likeness (QED) is 0.438. The fourth-order valence-electron chi connectivity index (χ4n) is 6.44. The minimum Gasteiger partial charge on any atom is -0.508 e. The molecule has 0 saturated carbocycles. The molecule has 6 rings (SSSR count). The lowest BCUT2D eigenvalue weighted by Crippen LogP contribution is -2.49. The van der Waals surface area contributed by atoms with Crippen LogP contribution in [0.1, 0.15) is 37.4 Å². The first kappa shape index (κ1) is 27.3. The van der Waals surface area contributed by atoms with Crippen LogP contribution >= 0.6 is 0 Å². The zero-order valence-electron chi connectivity index (χ0n) is 24.0. The molecule has 3 aliphatic heterocycles. The van der Waals surface area contributed by atoms with E-state index in [1.165, 1.54) is 25.3 Å². The molecular formula is C32H40N6O3. The van der Waals surface area contributed by atoms with Gasteiger partial charge in [0.05, 0.1) is 12.2 Å². The predicted octanol–water partition coefficient (Wildman–Crippen LogP) is 3.99. The number of anilines is 2. The average Bonchev–Trinajstić information content (AvgIpc) is 3.00. The van der Waals surface area contributed by atoms with Gasteiger partial charge in [0.25, 0.3) is 0 Å². The minimum absolute atomic E-state index is 0.0288. The van der Waals surface area contributed by atoms with Gasteiger partial charge < -0.3 is 24.5 Å². The van der Waals surface area contributed by atoms with Gasteiger partial charge in [-0.2, -0.15) is 9.97 Å². The van der Waals surface area contributed by atoms with Gasteiger partial charge in [0, 0.05) is 62.0 Å². The van der Waals surface area contributed by atoms with Crippen molar-refractivity contribution in [3.05, 3.63) is 60.3 Å². The maximum atomic E-state index is 12.2. The van der Waals surface area contributed by atoms with Crippen molar-refractivity contribution < 1.29 is 14.6 Å². The molecule has 41 heavy (non-hydrogen) atoms. The van der Waals surface area contributed by atoms with Crippen LogP contribution in [-0.2, 0) is 17.8 Å². The second-order valence-electron chi connectivity index (χ2n) is 11.4. The van der Waals surface area contributed by atoms with Gasteiger partial charge in [-0.25, -0.2) is 0 Å². The van der Waals surface area contributed by atoms with Crippen LogP contribution in [-0.4, -0.2) is 89.2 Å². The largest absolute Gasteiger partial charge is 0.508 e. The molecular weight excluding hydrogens is 516 g/mol. The van der Waals surface area contributed by atoms with Crippen molar-refractivity contribution in [2.75, 3.05) is 62.2 Å². The highest BCUT2D eigenvalue weighted by atomic mass is 16.5. The highest BCUT2D eigenvalue weighted by Gasteiger charge is 2.29. The van der Waals surface area contributed by atoms with E-state index < -0.39 is 0 Å². The number of amides is 1. The molecule has 1 N–H and O–H groups in total.